The number of amides is 1. The molecule has 0 radical (unpaired) electrons. The van der Waals surface area contributed by atoms with Crippen molar-refractivity contribution in [3.63, 3.8) is 0 Å². The second-order valence-electron chi connectivity index (χ2n) is 14.1. The monoisotopic (exact) mass is 613 g/mol. The maximum Gasteiger partial charge on any atom is 0.252 e. The number of carbonyl (C=O) groups is 2. The molecule has 2 heterocycles. The van der Waals surface area contributed by atoms with Gasteiger partial charge in [0.15, 0.2) is 5.78 Å². The van der Waals surface area contributed by atoms with E-state index in [0.29, 0.717) is 12.8 Å². The Labute approximate surface area is 263 Å². The number of hydrogen-bond donors (Lipinski definition) is 4. The summed E-state index contributed by atoms with van der Waals surface area (Å²) < 4.78 is 6.12. The van der Waals surface area contributed by atoms with Crippen LogP contribution in [0.5, 0.6) is 5.75 Å². The number of primary amides is 1. The largest absolute Gasteiger partial charge is 0.510 e. The van der Waals surface area contributed by atoms with Gasteiger partial charge in [-0.2, -0.15) is 0 Å². The van der Waals surface area contributed by atoms with Crippen LogP contribution >= 0.6 is 0 Å². The van der Waals surface area contributed by atoms with Gasteiger partial charge in [0.2, 0.25) is 0 Å². The maximum absolute atomic E-state index is 14.2. The number of likely N-dealkylation sites (N-methyl/N-ethyl adjacent to an activating group) is 1. The lowest BCUT2D eigenvalue weighted by Crippen LogP contribution is -2.52. The van der Waals surface area contributed by atoms with Gasteiger partial charge in [-0.15, -0.1) is 0 Å². The topological polar surface area (TPSA) is 140 Å². The second-order valence-corrected chi connectivity index (χ2v) is 14.1. The Morgan fingerprint density at radius 3 is 2.60 bits per heavy atom. The summed E-state index contributed by atoms with van der Waals surface area (Å²) >= 11 is 0. The van der Waals surface area contributed by atoms with Crippen LogP contribution in [0.3, 0.4) is 0 Å². The molecule has 1 aliphatic heterocycles. The summed E-state index contributed by atoms with van der Waals surface area (Å²) in [5, 5.41) is 33.9. The molecule has 238 valence electrons. The van der Waals surface area contributed by atoms with Crippen LogP contribution < -0.4 is 5.73 Å². The van der Waals surface area contributed by atoms with E-state index in [4.69, 9.17) is 10.2 Å². The Morgan fingerprint density at radius 2 is 1.87 bits per heavy atom. The van der Waals surface area contributed by atoms with Gasteiger partial charge < -0.3 is 25.5 Å². The Balaban J connectivity index is 1.25. The van der Waals surface area contributed by atoms with E-state index in [-0.39, 0.29) is 57.2 Å². The fourth-order valence-corrected chi connectivity index (χ4v) is 9.41. The summed E-state index contributed by atoms with van der Waals surface area (Å²) in [6, 6.07) is 4.79. The van der Waals surface area contributed by atoms with Crippen molar-refractivity contribution in [2.75, 3.05) is 27.2 Å². The lowest BCUT2D eigenvalue weighted by atomic mass is 9.58. The van der Waals surface area contributed by atoms with Crippen LogP contribution in [0.2, 0.25) is 0 Å². The molecule has 45 heavy (non-hydrogen) atoms. The van der Waals surface area contributed by atoms with Crippen molar-refractivity contribution in [3.05, 3.63) is 70.2 Å². The molecular formula is C36H43N3O6. The van der Waals surface area contributed by atoms with E-state index in [1.165, 1.54) is 32.1 Å². The molecule has 2 aromatic rings. The van der Waals surface area contributed by atoms with Gasteiger partial charge in [-0.1, -0.05) is 25.8 Å². The highest BCUT2D eigenvalue weighted by molar-refractivity contribution is 6.10. The van der Waals surface area contributed by atoms with Crippen LogP contribution in [0.15, 0.2) is 57.9 Å². The molecule has 0 spiro atoms. The number of rotatable bonds is 5. The number of fused-ring (bicyclic) bond motifs is 4. The van der Waals surface area contributed by atoms with Crippen molar-refractivity contribution in [3.8, 4) is 17.1 Å². The fourth-order valence-electron chi connectivity index (χ4n) is 9.41. The first-order valence-corrected chi connectivity index (χ1v) is 16.3. The van der Waals surface area contributed by atoms with E-state index < -0.39 is 17.9 Å². The molecule has 2 saturated carbocycles. The molecule has 6 atom stereocenters. The van der Waals surface area contributed by atoms with Gasteiger partial charge in [0, 0.05) is 29.8 Å². The zero-order chi connectivity index (χ0) is 31.7. The summed E-state index contributed by atoms with van der Waals surface area (Å²) in [5.41, 5.74) is 8.76. The minimum atomic E-state index is -0.843. The molecule has 1 aromatic heterocycles. The second kappa shape index (κ2) is 11.2. The van der Waals surface area contributed by atoms with Crippen LogP contribution in [0.4, 0.5) is 0 Å². The number of carbonyl (C=O) groups excluding carboxylic acids is 2. The summed E-state index contributed by atoms with van der Waals surface area (Å²) in [6.45, 7) is 6.95. The zero-order valence-corrected chi connectivity index (χ0v) is 26.1. The Hall–Kier alpha value is -3.82. The molecule has 5 N–H and O–H groups in total. The van der Waals surface area contributed by atoms with Crippen LogP contribution in [0.1, 0.15) is 55.2 Å². The standard InChI is InChI=1S/C36H43N3O6/c1-18-27-25(31(38(2)3)34(43)28(18)36(37)44)15-22-14-24-23(8-9-26(40)30(24)33(42)29(22)32(27)41)35-21(11-13-45-35)17-39-12-10-19-6-4-5-7-20(19)16-39/h8-9,11,13,19-20,22,25,27,31,40,42-43H,1,4-7,10,12,14-17H2,2-3H3,(H2,37,44)/t19?,20?,22?,25?,27?,31-/m0/s1. The van der Waals surface area contributed by atoms with Crippen molar-refractivity contribution >= 4 is 17.4 Å². The summed E-state index contributed by atoms with van der Waals surface area (Å²) in [6.07, 6.45) is 9.14. The summed E-state index contributed by atoms with van der Waals surface area (Å²) in [4.78, 5) is 30.9. The summed E-state index contributed by atoms with van der Waals surface area (Å²) in [5.74, 6) is -0.975. The zero-order valence-electron chi connectivity index (χ0n) is 26.1. The fraction of sp³-hybridized carbons (Fsp3) is 0.500. The minimum Gasteiger partial charge on any atom is -0.510 e. The minimum absolute atomic E-state index is 0.108. The van der Waals surface area contributed by atoms with Crippen molar-refractivity contribution in [1.82, 2.24) is 9.80 Å². The Morgan fingerprint density at radius 1 is 1.11 bits per heavy atom. The number of aromatic hydroxyl groups is 1. The lowest BCUT2D eigenvalue weighted by Gasteiger charge is -2.47. The molecule has 3 fully saturated rings. The number of phenols is 1. The third-order valence-electron chi connectivity index (χ3n) is 11.4. The number of phenolic OH excluding ortho intramolecular Hbond substituents is 1. The average Bonchev–Trinajstić information content (AvgIpc) is 3.44. The number of ketones is 1. The lowest BCUT2D eigenvalue weighted by molar-refractivity contribution is -0.123. The molecule has 1 amide bonds. The first-order valence-electron chi connectivity index (χ1n) is 16.3. The van der Waals surface area contributed by atoms with E-state index in [9.17, 15) is 24.9 Å². The molecular weight excluding hydrogens is 570 g/mol. The highest BCUT2D eigenvalue weighted by Gasteiger charge is 2.53. The number of aliphatic hydroxyl groups excluding tert-OH is 2. The SMILES string of the molecule is C=C1C(C(N)=O)=C(O)[C@@H](N(C)C)C2CC3Cc4c(-c5occc5CN5CCC6CCCCC6C5)ccc(O)c4C(O)=C3C(=O)C12. The molecule has 9 heteroatoms. The van der Waals surface area contributed by atoms with Gasteiger partial charge in [-0.05, 0) is 99.3 Å². The smallest absolute Gasteiger partial charge is 0.252 e. The molecule has 1 saturated heterocycles. The normalized spacial score (nSPS) is 30.2. The first kappa shape index (κ1) is 29.9. The molecule has 4 aliphatic carbocycles. The molecule has 1 aromatic carbocycles. The number of furan rings is 1. The quantitative estimate of drug-likeness (QED) is 0.365. The number of piperidine rings is 1. The van der Waals surface area contributed by atoms with E-state index in [1.54, 1.807) is 31.3 Å². The third-order valence-corrected chi connectivity index (χ3v) is 11.4. The number of nitrogens with zero attached hydrogens (tertiary/aromatic N) is 2. The predicted molar refractivity (Wildman–Crippen MR) is 170 cm³/mol. The molecule has 5 unspecified atom stereocenters. The predicted octanol–water partition coefficient (Wildman–Crippen LogP) is 5.11. The Bertz CT molecular complexity index is 1650. The van der Waals surface area contributed by atoms with Gasteiger partial charge in [0.25, 0.3) is 5.91 Å². The molecule has 0 bridgehead atoms. The Kier molecular flexibility index (Phi) is 7.44. The van der Waals surface area contributed by atoms with Gasteiger partial charge >= 0.3 is 0 Å². The van der Waals surface area contributed by atoms with Gasteiger partial charge in [0.1, 0.15) is 23.0 Å². The number of benzene rings is 1. The molecule has 5 aliphatic rings. The number of Topliss-reactive ketones (excluding diaryl/α,β-unsaturated/α-hetero) is 1. The van der Waals surface area contributed by atoms with E-state index in [0.717, 1.165) is 53.9 Å². The van der Waals surface area contributed by atoms with Crippen LogP contribution in [-0.2, 0) is 22.6 Å². The van der Waals surface area contributed by atoms with Crippen molar-refractivity contribution < 1.29 is 29.3 Å². The number of hydrogen-bond acceptors (Lipinski definition) is 8. The van der Waals surface area contributed by atoms with Crippen molar-refractivity contribution in [2.45, 2.75) is 57.5 Å². The molecule has 7 rings (SSSR count). The third kappa shape index (κ3) is 4.74. The van der Waals surface area contributed by atoms with Crippen molar-refractivity contribution in [2.24, 2.45) is 35.3 Å². The highest BCUT2D eigenvalue weighted by Crippen LogP contribution is 2.53. The van der Waals surface area contributed by atoms with E-state index in [1.807, 2.05) is 12.1 Å². The van der Waals surface area contributed by atoms with Crippen LogP contribution in [0, 0.1) is 29.6 Å². The van der Waals surface area contributed by atoms with E-state index in [2.05, 4.69) is 11.5 Å². The highest BCUT2D eigenvalue weighted by atomic mass is 16.3. The number of aliphatic hydroxyl groups is 2. The average molecular weight is 614 g/mol. The number of allylic oxidation sites excluding steroid dienone is 1. The maximum atomic E-state index is 14.2. The summed E-state index contributed by atoms with van der Waals surface area (Å²) in [7, 11) is 3.58. The first-order chi connectivity index (χ1) is 21.6. The number of nitrogens with two attached hydrogens (primary N) is 1. The van der Waals surface area contributed by atoms with Crippen LogP contribution in [0.25, 0.3) is 17.1 Å². The van der Waals surface area contributed by atoms with Gasteiger partial charge in [-0.3, -0.25) is 19.4 Å². The molecule has 9 nitrogen and oxygen atoms in total. The van der Waals surface area contributed by atoms with Crippen LogP contribution in [-0.4, -0.2) is 70.0 Å². The van der Waals surface area contributed by atoms with E-state index >= 15 is 0 Å². The van der Waals surface area contributed by atoms with Crippen molar-refractivity contribution in [1.29, 1.82) is 0 Å². The van der Waals surface area contributed by atoms with Gasteiger partial charge in [-0.25, -0.2) is 0 Å². The number of likely N-dealkylation sites (tertiary alicyclic amines) is 1. The van der Waals surface area contributed by atoms with Gasteiger partial charge in [0.05, 0.1) is 29.4 Å².